The molecule has 0 saturated carbocycles. The number of halogens is 3. The number of hydrogen-bond acceptors (Lipinski definition) is 24. The lowest BCUT2D eigenvalue weighted by Crippen LogP contribution is -2.46. The number of aryl methyl sites for hydroxylation is 3. The molecule has 0 aliphatic carbocycles. The largest absolute Gasteiger partial charge is 0.435 e. The van der Waals surface area contributed by atoms with Crippen molar-refractivity contribution in [2.24, 2.45) is 0 Å². The first-order valence-corrected chi connectivity index (χ1v) is 40.5. The van der Waals surface area contributed by atoms with E-state index in [-0.39, 0.29) is 86.8 Å². The Hall–Kier alpha value is -12.7. The second-order valence-electron chi connectivity index (χ2n) is 30.1. The van der Waals surface area contributed by atoms with E-state index in [2.05, 4.69) is 129 Å². The maximum Gasteiger partial charge on any atom is 0.263 e. The lowest BCUT2D eigenvalue weighted by molar-refractivity contribution is 0.0299. The number of aromatic nitrogens is 9. The minimum atomic E-state index is -0.529. The van der Waals surface area contributed by atoms with Gasteiger partial charge in [-0.05, 0) is 162 Å². The Labute approximate surface area is 691 Å². The van der Waals surface area contributed by atoms with E-state index in [0.717, 1.165) is 136 Å². The molecule has 6 aliphatic rings. The molecule has 33 heteroatoms. The van der Waals surface area contributed by atoms with Crippen LogP contribution in [0, 0.1) is 38.2 Å². The molecule has 18 rings (SSSR count). The summed E-state index contributed by atoms with van der Waals surface area (Å²) in [5, 5.41) is 14.4. The standard InChI is InChI=1S/C30H34FN7O3.C29H32FN7O3.C28H30FN7O3/c1-3-36-10-12-37(13-11-36)22-6-4-21(5-7-22)35-28-26(30(39)38-14-16-40-17-15-38)29(33-19-32-28)41-25-9-8-24-23(27(25)31)18-20(2)34-24;1-19-17-22-23(33-19)7-8-24(26(22)30)40-28-25(29(38)37-13-15-39-16-14-37)27(31-18-32-28)34-20-3-5-21(6-4-20)36-11-9-35(2)10-12-36;1-18-16-21-22(33-18)6-7-23(25(21)29)39-27-24(28(37)36-12-14-38-15-13-36)26(31-17-32-27)34-19-2-4-20(5-3-19)35-10-8-30-9-11-35/h4-9,18-19,34H,3,10-17H2,1-2H3,(H,32,33,35);3-8,17-18,33H,9-16H2,1-2H3,(H,31,32,34);2-7,16-17,30,33H,8-15H2,1H3,(H,31,32,34). The van der Waals surface area contributed by atoms with Crippen molar-refractivity contribution < 1.29 is 56.0 Å². The monoisotopic (exact) mass is 1640 g/mol. The summed E-state index contributed by atoms with van der Waals surface area (Å²) in [6.45, 7) is 25.8. The summed E-state index contributed by atoms with van der Waals surface area (Å²) in [6, 6.07) is 39.0. The molecule has 0 bridgehead atoms. The molecular weight excluding hydrogens is 1540 g/mol. The summed E-state index contributed by atoms with van der Waals surface area (Å²) in [5.74, 6) is -1.80. The fourth-order valence-electron chi connectivity index (χ4n) is 15.4. The minimum absolute atomic E-state index is 0.0186. The molecule has 6 aliphatic heterocycles. The molecule has 0 atom stereocenters. The van der Waals surface area contributed by atoms with Crippen LogP contribution in [0.4, 0.5) is 64.7 Å². The molecule has 12 aromatic rings. The van der Waals surface area contributed by atoms with E-state index >= 15 is 13.2 Å². The molecule has 0 spiro atoms. The maximum absolute atomic E-state index is 15.4. The Morgan fingerprint density at radius 3 is 1.00 bits per heavy atom. The molecule has 0 radical (unpaired) electrons. The third kappa shape index (κ3) is 18.6. The van der Waals surface area contributed by atoms with Gasteiger partial charge in [0, 0.05) is 202 Å². The third-order valence-electron chi connectivity index (χ3n) is 22.0. The SMILES string of the molecule is CCN1CCN(c2ccc(Nc3ncnc(Oc4ccc5[nH]c(C)cc5c4F)c3C(=O)N3CCOCC3)cc2)CC1.Cc1cc2c(F)c(Oc3ncnc(Nc4ccc(N5CCN(C)CC5)cc4)c3C(=O)N3CCOCC3)ccc2[nH]1.Cc1cc2c(F)c(Oc3ncnc(Nc4ccc(N5CCNCC5)cc4)c3C(=O)N3CCOCC3)ccc2[nH]1. The van der Waals surface area contributed by atoms with Gasteiger partial charge in [0.1, 0.15) is 35.7 Å². The molecule has 6 aromatic carbocycles. The van der Waals surface area contributed by atoms with Gasteiger partial charge in [-0.25, -0.2) is 43.1 Å². The van der Waals surface area contributed by atoms with Crippen LogP contribution in [0.3, 0.4) is 0 Å². The topological polar surface area (TPSA) is 305 Å². The van der Waals surface area contributed by atoms with E-state index in [1.165, 1.54) is 37.2 Å². The molecule has 6 saturated heterocycles. The maximum atomic E-state index is 15.4. The summed E-state index contributed by atoms with van der Waals surface area (Å²) in [6.07, 6.45) is 3.93. The van der Waals surface area contributed by atoms with Gasteiger partial charge in [0.2, 0.25) is 17.6 Å². The molecule has 624 valence electrons. The Bertz CT molecular complexity index is 5600. The number of carbonyl (C=O) groups excluding carboxylic acids is 3. The second-order valence-corrected chi connectivity index (χ2v) is 30.1. The number of likely N-dealkylation sites (N-methyl/N-ethyl adjacent to an activating group) is 2. The number of aromatic amines is 3. The van der Waals surface area contributed by atoms with E-state index in [9.17, 15) is 14.4 Å². The van der Waals surface area contributed by atoms with Gasteiger partial charge in [-0.15, -0.1) is 0 Å². The lowest BCUT2D eigenvalue weighted by atomic mass is 10.2. The molecule has 6 aromatic heterocycles. The van der Waals surface area contributed by atoms with Gasteiger partial charge in [0.05, 0.1) is 39.6 Å². The summed E-state index contributed by atoms with van der Waals surface area (Å²) >= 11 is 0. The predicted molar refractivity (Wildman–Crippen MR) is 454 cm³/mol. The summed E-state index contributed by atoms with van der Waals surface area (Å²) in [5.41, 5.74) is 10.6. The minimum Gasteiger partial charge on any atom is -0.435 e. The predicted octanol–water partition coefficient (Wildman–Crippen LogP) is 12.5. The van der Waals surface area contributed by atoms with Crippen molar-refractivity contribution in [3.63, 3.8) is 0 Å². The highest BCUT2D eigenvalue weighted by Crippen LogP contribution is 2.40. The van der Waals surface area contributed by atoms with Crippen LogP contribution in [0.1, 0.15) is 55.1 Å². The van der Waals surface area contributed by atoms with Crippen molar-refractivity contribution in [3.05, 3.63) is 198 Å². The van der Waals surface area contributed by atoms with Gasteiger partial charge >= 0.3 is 0 Å². The zero-order valence-corrected chi connectivity index (χ0v) is 67.6. The van der Waals surface area contributed by atoms with Gasteiger partial charge in [-0.3, -0.25) is 14.4 Å². The van der Waals surface area contributed by atoms with Crippen molar-refractivity contribution in [3.8, 4) is 34.9 Å². The lowest BCUT2D eigenvalue weighted by Gasteiger charge is -2.35. The number of morpholine rings is 3. The summed E-state index contributed by atoms with van der Waals surface area (Å²) in [7, 11) is 2.13. The number of anilines is 9. The Kier molecular flexibility index (Phi) is 25.1. The van der Waals surface area contributed by atoms with Crippen LogP contribution in [0.15, 0.2) is 146 Å². The number of ether oxygens (including phenoxy) is 6. The number of hydrogen-bond donors (Lipinski definition) is 7. The van der Waals surface area contributed by atoms with Crippen LogP contribution >= 0.6 is 0 Å². The van der Waals surface area contributed by atoms with Gasteiger partial charge in [0.15, 0.2) is 52.2 Å². The van der Waals surface area contributed by atoms with Crippen LogP contribution in [0.25, 0.3) is 32.7 Å². The average Bonchev–Trinajstić information content (AvgIpc) is 1.41. The van der Waals surface area contributed by atoms with Gasteiger partial charge in [-0.2, -0.15) is 0 Å². The second kappa shape index (κ2) is 37.1. The van der Waals surface area contributed by atoms with Crippen LogP contribution in [-0.4, -0.2) is 258 Å². The van der Waals surface area contributed by atoms with E-state index in [1.54, 1.807) is 51.1 Å². The number of amides is 3. The first-order valence-electron chi connectivity index (χ1n) is 40.5. The van der Waals surface area contributed by atoms with Crippen molar-refractivity contribution in [2.75, 3.05) is 202 Å². The highest BCUT2D eigenvalue weighted by atomic mass is 19.1. The molecule has 120 heavy (non-hydrogen) atoms. The third-order valence-corrected chi connectivity index (χ3v) is 22.0. The van der Waals surface area contributed by atoms with Crippen LogP contribution in [0.5, 0.6) is 34.9 Å². The fourth-order valence-corrected chi connectivity index (χ4v) is 15.4. The zero-order chi connectivity index (χ0) is 82.8. The Balaban J connectivity index is 0.000000134. The van der Waals surface area contributed by atoms with Crippen LogP contribution in [-0.2, 0) is 14.2 Å². The van der Waals surface area contributed by atoms with Crippen molar-refractivity contribution in [1.82, 2.24) is 74.7 Å². The first-order chi connectivity index (χ1) is 58.5. The van der Waals surface area contributed by atoms with E-state index in [4.69, 9.17) is 28.4 Å². The normalized spacial score (nSPS) is 16.2. The number of carbonyl (C=O) groups is 3. The zero-order valence-electron chi connectivity index (χ0n) is 67.6. The molecule has 12 heterocycles. The van der Waals surface area contributed by atoms with E-state index < -0.39 is 17.5 Å². The average molecular weight is 1640 g/mol. The van der Waals surface area contributed by atoms with Crippen LogP contribution in [0.2, 0.25) is 0 Å². The summed E-state index contributed by atoms with van der Waals surface area (Å²) < 4.78 is 80.4. The number of H-pyrrole nitrogens is 3. The van der Waals surface area contributed by atoms with Crippen molar-refractivity contribution >= 4 is 102 Å². The van der Waals surface area contributed by atoms with Crippen LogP contribution < -0.4 is 50.2 Å². The highest BCUT2D eigenvalue weighted by Gasteiger charge is 2.33. The fraction of sp³-hybridized carbons (Fsp3) is 0.345. The smallest absolute Gasteiger partial charge is 0.263 e. The number of benzene rings is 6. The number of rotatable bonds is 19. The molecule has 7 N–H and O–H groups in total. The number of nitrogens with one attached hydrogen (secondary N) is 7. The Morgan fingerprint density at radius 2 is 0.692 bits per heavy atom. The molecule has 30 nitrogen and oxygen atoms in total. The number of fused-ring (bicyclic) bond motifs is 3. The molecule has 3 amide bonds. The molecule has 6 fully saturated rings. The quantitative estimate of drug-likeness (QED) is 0.0396. The summed E-state index contributed by atoms with van der Waals surface area (Å²) in [4.78, 5) is 93.4. The van der Waals surface area contributed by atoms with E-state index in [1.807, 2.05) is 69.3 Å². The number of piperazine rings is 3. The van der Waals surface area contributed by atoms with Gasteiger partial charge in [-0.1, -0.05) is 6.92 Å². The molecule has 0 unspecified atom stereocenters. The molecular formula is C87H96F3N21O9. The Morgan fingerprint density at radius 1 is 0.392 bits per heavy atom. The van der Waals surface area contributed by atoms with E-state index in [0.29, 0.717) is 112 Å². The highest BCUT2D eigenvalue weighted by molar-refractivity contribution is 6.04. The first kappa shape index (κ1) is 81.1. The van der Waals surface area contributed by atoms with Gasteiger partial charge in [0.25, 0.3) is 17.7 Å². The number of nitrogens with zero attached hydrogens (tertiary/aromatic N) is 14. The van der Waals surface area contributed by atoms with Crippen molar-refractivity contribution in [2.45, 2.75) is 27.7 Å². The van der Waals surface area contributed by atoms with Crippen molar-refractivity contribution in [1.29, 1.82) is 0 Å². The van der Waals surface area contributed by atoms with Gasteiger partial charge < -0.3 is 104 Å².